The van der Waals surface area contributed by atoms with E-state index >= 15 is 0 Å². The molecule has 0 heterocycles. The maximum atomic E-state index is 12.9. The molecule has 14 heteroatoms. The molecule has 0 aromatic heterocycles. The first-order valence-corrected chi connectivity index (χ1v) is 30.8. The van der Waals surface area contributed by atoms with Crippen LogP contribution in [0.15, 0.2) is 0 Å². The number of ether oxygens (including phenoxy) is 2. The molecule has 0 saturated heterocycles. The van der Waals surface area contributed by atoms with Gasteiger partial charge in [-0.05, 0) is 12.8 Å². The molecule has 1 aliphatic carbocycles. The van der Waals surface area contributed by atoms with E-state index in [4.69, 9.17) is 18.5 Å². The van der Waals surface area contributed by atoms with Crippen molar-refractivity contribution in [3.63, 3.8) is 0 Å². The van der Waals surface area contributed by atoms with Gasteiger partial charge in [-0.15, -0.1) is 0 Å². The summed E-state index contributed by atoms with van der Waals surface area (Å²) in [6.07, 6.45) is 38.7. The van der Waals surface area contributed by atoms with E-state index in [1.54, 1.807) is 0 Å². The molecule has 13 nitrogen and oxygen atoms in total. The van der Waals surface area contributed by atoms with E-state index in [1.807, 2.05) is 0 Å². The van der Waals surface area contributed by atoms with Crippen molar-refractivity contribution in [1.82, 2.24) is 0 Å². The predicted molar refractivity (Wildman–Crippen MR) is 281 cm³/mol. The summed E-state index contributed by atoms with van der Waals surface area (Å²) in [6, 6.07) is 0. The Hall–Kier alpha value is -1.15. The molecule has 6 unspecified atom stereocenters. The molecule has 6 N–H and O–H groups in total. The summed E-state index contributed by atoms with van der Waals surface area (Å²) in [5.41, 5.74) is 0. The molecule has 0 aromatic carbocycles. The van der Waals surface area contributed by atoms with Gasteiger partial charge in [0, 0.05) is 12.8 Å². The maximum Gasteiger partial charge on any atom is 0.472 e. The topological polar surface area (TPSA) is 210 Å². The minimum atomic E-state index is -5.12. The van der Waals surface area contributed by atoms with Crippen LogP contribution in [0.2, 0.25) is 0 Å². The second kappa shape index (κ2) is 46.4. The van der Waals surface area contributed by atoms with Gasteiger partial charge in [-0.1, -0.05) is 264 Å². The number of rotatable bonds is 51. The number of carbonyl (C=O) groups excluding carboxylic acids is 2. The average molecular weight is 1020 g/mol. The predicted octanol–water partition coefficient (Wildman–Crippen LogP) is 13.6. The van der Waals surface area contributed by atoms with Crippen LogP contribution in [0.1, 0.15) is 290 Å². The lowest BCUT2D eigenvalue weighted by molar-refractivity contribution is -0.220. The molecule has 0 bridgehead atoms. The zero-order valence-corrected chi connectivity index (χ0v) is 45.7. The lowest BCUT2D eigenvalue weighted by Gasteiger charge is -2.41. The van der Waals surface area contributed by atoms with Crippen molar-refractivity contribution in [2.45, 2.75) is 333 Å². The highest BCUT2D eigenvalue weighted by molar-refractivity contribution is 7.47. The second-order valence-electron chi connectivity index (χ2n) is 20.9. The molecule has 1 saturated carbocycles. The highest BCUT2D eigenvalue weighted by atomic mass is 31.2. The monoisotopic (exact) mass is 1020 g/mol. The lowest BCUT2D eigenvalue weighted by atomic mass is 9.85. The van der Waals surface area contributed by atoms with Gasteiger partial charge in [0.05, 0.1) is 6.61 Å². The van der Waals surface area contributed by atoms with Crippen molar-refractivity contribution < 1.29 is 63.1 Å². The molecular weight excluding hydrogens is 912 g/mol. The number of phosphoric acid groups is 1. The smallest absolute Gasteiger partial charge is 0.462 e. The first-order valence-electron chi connectivity index (χ1n) is 29.3. The minimum Gasteiger partial charge on any atom is -0.462 e. The average Bonchev–Trinajstić information content (AvgIpc) is 3.34. The third-order valence-corrected chi connectivity index (χ3v) is 15.2. The van der Waals surface area contributed by atoms with Gasteiger partial charge in [-0.2, -0.15) is 0 Å². The van der Waals surface area contributed by atoms with E-state index in [2.05, 4.69) is 13.8 Å². The third kappa shape index (κ3) is 37.6. The Balaban J connectivity index is 2.30. The Morgan fingerprint density at radius 2 is 0.643 bits per heavy atom. The molecule has 0 amide bonds. The van der Waals surface area contributed by atoms with Gasteiger partial charge >= 0.3 is 19.8 Å². The van der Waals surface area contributed by atoms with Crippen molar-refractivity contribution in [3.8, 4) is 0 Å². The summed E-state index contributed by atoms with van der Waals surface area (Å²) in [4.78, 5) is 36.0. The minimum absolute atomic E-state index is 0.106. The normalized spacial score (nSPS) is 20.6. The molecule has 8 atom stereocenters. The van der Waals surface area contributed by atoms with E-state index in [0.717, 1.165) is 38.5 Å². The molecule has 0 aliphatic heterocycles. The fourth-order valence-electron chi connectivity index (χ4n) is 9.53. The zero-order valence-electron chi connectivity index (χ0n) is 44.8. The van der Waals surface area contributed by atoms with E-state index in [-0.39, 0.29) is 12.8 Å². The molecule has 1 aliphatic rings. The van der Waals surface area contributed by atoms with Crippen LogP contribution in [0, 0.1) is 0 Å². The van der Waals surface area contributed by atoms with Gasteiger partial charge in [0.2, 0.25) is 0 Å². The van der Waals surface area contributed by atoms with Gasteiger partial charge < -0.3 is 39.9 Å². The first kappa shape index (κ1) is 66.9. The second-order valence-corrected chi connectivity index (χ2v) is 22.3. The fourth-order valence-corrected chi connectivity index (χ4v) is 10.5. The summed E-state index contributed by atoms with van der Waals surface area (Å²) in [6.45, 7) is 3.38. The summed E-state index contributed by atoms with van der Waals surface area (Å²) in [5, 5.41) is 50.4. The van der Waals surface area contributed by atoms with Crippen LogP contribution >= 0.6 is 7.82 Å². The van der Waals surface area contributed by atoms with Gasteiger partial charge in [-0.25, -0.2) is 4.57 Å². The SMILES string of the molecule is CCCCCCCCCCCCCCCCCCCCCCCCC(=O)OC[C@@H](COP(=O)(O)OC1C(O)C(O)C(O)[C@H](O)C1O)OC(=O)CCCCCCCCCCCCCCCCCCCCC. The van der Waals surface area contributed by atoms with Gasteiger partial charge in [0.15, 0.2) is 6.10 Å². The fraction of sp³-hybridized carbons (Fsp3) is 0.964. The largest absolute Gasteiger partial charge is 0.472 e. The summed E-state index contributed by atoms with van der Waals surface area (Å²) >= 11 is 0. The zero-order chi connectivity index (χ0) is 51.3. The molecule has 0 radical (unpaired) electrons. The number of hydrogen-bond donors (Lipinski definition) is 6. The van der Waals surface area contributed by atoms with Crippen LogP contribution in [-0.2, 0) is 32.7 Å². The van der Waals surface area contributed by atoms with Crippen molar-refractivity contribution in [3.05, 3.63) is 0 Å². The highest BCUT2D eigenvalue weighted by Crippen LogP contribution is 2.47. The third-order valence-electron chi connectivity index (χ3n) is 14.2. The summed E-state index contributed by atoms with van der Waals surface area (Å²) < 4.78 is 33.8. The van der Waals surface area contributed by atoms with Crippen LogP contribution in [-0.4, -0.2) is 98.3 Å². The molecular formula is C56H109O13P. The van der Waals surface area contributed by atoms with Crippen molar-refractivity contribution in [2.75, 3.05) is 13.2 Å². The Kier molecular flexibility index (Phi) is 44.3. The summed E-state index contributed by atoms with van der Waals surface area (Å²) in [5.74, 6) is -1.07. The van der Waals surface area contributed by atoms with Gasteiger partial charge in [0.25, 0.3) is 0 Å². The van der Waals surface area contributed by atoms with Crippen LogP contribution in [0.3, 0.4) is 0 Å². The van der Waals surface area contributed by atoms with E-state index in [9.17, 15) is 44.6 Å². The Labute approximate surface area is 427 Å². The molecule has 0 aromatic rings. The maximum absolute atomic E-state index is 12.9. The highest BCUT2D eigenvalue weighted by Gasteiger charge is 2.51. The number of phosphoric ester groups is 1. The molecule has 70 heavy (non-hydrogen) atoms. The van der Waals surface area contributed by atoms with Crippen molar-refractivity contribution in [2.24, 2.45) is 0 Å². The first-order chi connectivity index (χ1) is 33.9. The Morgan fingerprint density at radius 1 is 0.386 bits per heavy atom. The van der Waals surface area contributed by atoms with Crippen molar-refractivity contribution >= 4 is 19.8 Å². The van der Waals surface area contributed by atoms with Crippen molar-refractivity contribution in [1.29, 1.82) is 0 Å². The molecule has 1 rings (SSSR count). The number of esters is 2. The van der Waals surface area contributed by atoms with Crippen LogP contribution in [0.4, 0.5) is 0 Å². The van der Waals surface area contributed by atoms with Crippen LogP contribution < -0.4 is 0 Å². The number of unbranched alkanes of at least 4 members (excludes halogenated alkanes) is 39. The van der Waals surface area contributed by atoms with Gasteiger partial charge in [-0.3, -0.25) is 18.6 Å². The number of carbonyl (C=O) groups is 2. The lowest BCUT2D eigenvalue weighted by Crippen LogP contribution is -2.64. The number of aliphatic hydroxyl groups excluding tert-OH is 5. The van der Waals surface area contributed by atoms with E-state index in [0.29, 0.717) is 12.8 Å². The van der Waals surface area contributed by atoms with Crippen LogP contribution in [0.25, 0.3) is 0 Å². The Bertz CT molecular complexity index is 1230. The van der Waals surface area contributed by atoms with Gasteiger partial charge in [0.1, 0.15) is 43.2 Å². The quantitative estimate of drug-likeness (QED) is 0.0191. The van der Waals surface area contributed by atoms with E-state index in [1.165, 1.54) is 212 Å². The van der Waals surface area contributed by atoms with E-state index < -0.39 is 75.7 Å². The summed E-state index contributed by atoms with van der Waals surface area (Å²) in [7, 11) is -5.12. The Morgan fingerprint density at radius 3 is 0.943 bits per heavy atom. The molecule has 0 spiro atoms. The standard InChI is InChI=1S/C56H109O13P/c1-3-5-7-9-11-13-15-17-19-21-23-24-25-27-28-30-32-34-36-38-40-42-44-49(57)66-46-48(47-67-70(64,65)69-56-54(62)52(60)51(59)53(61)55(56)63)68-50(58)45-43-41-39-37-35-33-31-29-26-22-20-18-16-14-12-10-8-6-4-2/h48,51-56,59-63H,3-47H2,1-2H3,(H,64,65)/t48-,51?,52-,53?,54?,55?,56?/m0/s1. The molecule has 416 valence electrons. The number of aliphatic hydroxyl groups is 5. The number of hydrogen-bond acceptors (Lipinski definition) is 12. The van der Waals surface area contributed by atoms with Crippen LogP contribution in [0.5, 0.6) is 0 Å². The molecule has 1 fully saturated rings.